The highest BCUT2D eigenvalue weighted by molar-refractivity contribution is 5.80. The van der Waals surface area contributed by atoms with E-state index in [0.717, 1.165) is 23.4 Å². The summed E-state index contributed by atoms with van der Waals surface area (Å²) in [7, 11) is 1.58. The van der Waals surface area contributed by atoms with E-state index in [1.54, 1.807) is 19.2 Å². The molecule has 0 aliphatic heterocycles. The lowest BCUT2D eigenvalue weighted by molar-refractivity contribution is -0.119. The quantitative estimate of drug-likeness (QED) is 0.863. The van der Waals surface area contributed by atoms with Crippen LogP contribution in [0.15, 0.2) is 42.5 Å². The van der Waals surface area contributed by atoms with Crippen LogP contribution in [0, 0.1) is 11.6 Å². The van der Waals surface area contributed by atoms with Crippen LogP contribution in [0.3, 0.4) is 0 Å². The van der Waals surface area contributed by atoms with Crippen molar-refractivity contribution in [2.45, 2.75) is 6.54 Å². The highest BCUT2D eigenvalue weighted by Gasteiger charge is 2.05. The van der Waals surface area contributed by atoms with Crippen LogP contribution >= 0.6 is 0 Å². The summed E-state index contributed by atoms with van der Waals surface area (Å²) < 4.78 is 30.8. The molecule has 2 N–H and O–H groups in total. The maximum atomic E-state index is 13.0. The van der Waals surface area contributed by atoms with E-state index < -0.39 is 11.6 Å². The molecule has 0 fully saturated rings. The number of hydrogen-bond donors (Lipinski definition) is 2. The van der Waals surface area contributed by atoms with Gasteiger partial charge < -0.3 is 15.4 Å². The molecule has 116 valence electrons. The highest BCUT2D eigenvalue weighted by atomic mass is 19.2. The van der Waals surface area contributed by atoms with Crippen molar-refractivity contribution < 1.29 is 18.3 Å². The van der Waals surface area contributed by atoms with Crippen LogP contribution in [0.5, 0.6) is 5.75 Å². The Morgan fingerprint density at radius 1 is 1.09 bits per heavy atom. The lowest BCUT2D eigenvalue weighted by Gasteiger charge is -2.08. The fourth-order valence-electron chi connectivity index (χ4n) is 1.79. The zero-order valence-corrected chi connectivity index (χ0v) is 12.0. The normalized spacial score (nSPS) is 10.1. The van der Waals surface area contributed by atoms with Gasteiger partial charge in [0.2, 0.25) is 5.91 Å². The van der Waals surface area contributed by atoms with Gasteiger partial charge in [-0.05, 0) is 29.8 Å². The Kier molecular flexibility index (Phi) is 5.30. The summed E-state index contributed by atoms with van der Waals surface area (Å²) in [6, 6.07) is 10.7. The Hall–Kier alpha value is -2.63. The third kappa shape index (κ3) is 4.44. The summed E-state index contributed by atoms with van der Waals surface area (Å²) in [6.07, 6.45) is 0. The molecule has 6 heteroatoms. The van der Waals surface area contributed by atoms with Gasteiger partial charge >= 0.3 is 0 Å². The van der Waals surface area contributed by atoms with Gasteiger partial charge in [0.05, 0.1) is 13.7 Å². The number of methoxy groups -OCH3 is 1. The van der Waals surface area contributed by atoms with Crippen LogP contribution in [-0.4, -0.2) is 19.6 Å². The van der Waals surface area contributed by atoms with Crippen molar-refractivity contribution in [2.75, 3.05) is 19.0 Å². The predicted molar refractivity (Wildman–Crippen MR) is 79.7 cm³/mol. The number of hydrogen-bond acceptors (Lipinski definition) is 3. The van der Waals surface area contributed by atoms with E-state index in [9.17, 15) is 13.6 Å². The molecule has 0 saturated heterocycles. The van der Waals surface area contributed by atoms with E-state index in [1.165, 1.54) is 6.07 Å². The first-order chi connectivity index (χ1) is 10.6. The Bertz CT molecular complexity index is 645. The summed E-state index contributed by atoms with van der Waals surface area (Å²) in [5.41, 5.74) is 1.28. The molecule has 1 amide bonds. The van der Waals surface area contributed by atoms with Crippen molar-refractivity contribution in [1.82, 2.24) is 5.32 Å². The minimum Gasteiger partial charge on any atom is -0.497 e. The van der Waals surface area contributed by atoms with Gasteiger partial charge in [0.25, 0.3) is 0 Å². The second-order valence-electron chi connectivity index (χ2n) is 4.61. The van der Waals surface area contributed by atoms with E-state index in [4.69, 9.17) is 4.74 Å². The van der Waals surface area contributed by atoms with E-state index in [0.29, 0.717) is 12.2 Å². The number of anilines is 1. The van der Waals surface area contributed by atoms with Gasteiger partial charge in [0.1, 0.15) is 5.75 Å². The zero-order valence-electron chi connectivity index (χ0n) is 12.0. The van der Waals surface area contributed by atoms with Crippen LogP contribution in [0.4, 0.5) is 14.5 Å². The van der Waals surface area contributed by atoms with Gasteiger partial charge in [0.15, 0.2) is 11.6 Å². The number of carbonyl (C=O) groups excluding carboxylic acids is 1. The molecule has 0 aliphatic carbocycles. The Morgan fingerprint density at radius 2 is 1.82 bits per heavy atom. The number of nitrogens with one attached hydrogen (secondary N) is 2. The van der Waals surface area contributed by atoms with Crippen molar-refractivity contribution in [3.63, 3.8) is 0 Å². The minimum absolute atomic E-state index is 0.0266. The largest absolute Gasteiger partial charge is 0.497 e. The van der Waals surface area contributed by atoms with E-state index in [-0.39, 0.29) is 12.5 Å². The maximum absolute atomic E-state index is 13.0. The Balaban J connectivity index is 1.78. The molecule has 0 atom stereocenters. The van der Waals surface area contributed by atoms with Crippen LogP contribution in [0.25, 0.3) is 0 Å². The molecule has 22 heavy (non-hydrogen) atoms. The summed E-state index contributed by atoms with van der Waals surface area (Å²) >= 11 is 0. The van der Waals surface area contributed by atoms with Crippen molar-refractivity contribution in [1.29, 1.82) is 0 Å². The molecule has 2 aromatic rings. The number of halogens is 2. The van der Waals surface area contributed by atoms with Gasteiger partial charge in [-0.15, -0.1) is 0 Å². The molecule has 2 rings (SSSR count). The van der Waals surface area contributed by atoms with Crippen molar-refractivity contribution in [3.8, 4) is 5.75 Å². The number of carbonyl (C=O) groups is 1. The van der Waals surface area contributed by atoms with Crippen molar-refractivity contribution in [3.05, 3.63) is 59.7 Å². The third-order valence-corrected chi connectivity index (χ3v) is 3.02. The third-order valence-electron chi connectivity index (χ3n) is 3.02. The first-order valence-electron chi connectivity index (χ1n) is 6.67. The van der Waals surface area contributed by atoms with Crippen molar-refractivity contribution in [2.24, 2.45) is 0 Å². The zero-order chi connectivity index (χ0) is 15.9. The predicted octanol–water partition coefficient (Wildman–Crippen LogP) is 2.70. The van der Waals surface area contributed by atoms with Crippen LogP contribution in [0.1, 0.15) is 5.56 Å². The molecule has 0 heterocycles. The van der Waals surface area contributed by atoms with E-state index in [2.05, 4.69) is 10.6 Å². The average Bonchev–Trinajstić information content (AvgIpc) is 2.54. The van der Waals surface area contributed by atoms with Gasteiger partial charge in [0, 0.05) is 18.3 Å². The summed E-state index contributed by atoms with van der Waals surface area (Å²) in [6.45, 7) is 0.351. The lowest BCUT2D eigenvalue weighted by Crippen LogP contribution is -2.29. The topological polar surface area (TPSA) is 50.4 Å². The molecule has 0 aromatic heterocycles. The molecule has 0 unspecified atom stereocenters. The second kappa shape index (κ2) is 7.40. The molecule has 0 bridgehead atoms. The van der Waals surface area contributed by atoms with Crippen molar-refractivity contribution >= 4 is 11.6 Å². The van der Waals surface area contributed by atoms with Crippen LogP contribution in [-0.2, 0) is 11.3 Å². The number of rotatable bonds is 6. The molecule has 2 aromatic carbocycles. The van der Waals surface area contributed by atoms with E-state index >= 15 is 0 Å². The average molecular weight is 306 g/mol. The molecule has 0 radical (unpaired) electrons. The highest BCUT2D eigenvalue weighted by Crippen LogP contribution is 2.13. The maximum Gasteiger partial charge on any atom is 0.239 e. The lowest BCUT2D eigenvalue weighted by atomic mass is 10.2. The summed E-state index contributed by atoms with van der Waals surface area (Å²) in [5, 5.41) is 5.45. The smallest absolute Gasteiger partial charge is 0.239 e. The van der Waals surface area contributed by atoms with Gasteiger partial charge in [-0.1, -0.05) is 12.1 Å². The first-order valence-corrected chi connectivity index (χ1v) is 6.67. The first kappa shape index (κ1) is 15.8. The van der Waals surface area contributed by atoms with Gasteiger partial charge in [-0.3, -0.25) is 4.79 Å². The van der Waals surface area contributed by atoms with E-state index in [1.807, 2.05) is 12.1 Å². The monoisotopic (exact) mass is 306 g/mol. The fraction of sp³-hybridized carbons (Fsp3) is 0.188. The second-order valence-corrected chi connectivity index (χ2v) is 4.61. The molecule has 0 aliphatic rings. The SMILES string of the molecule is COc1ccc(CNC(=O)CNc2ccc(F)c(F)c2)cc1. The van der Waals surface area contributed by atoms with Gasteiger partial charge in [-0.2, -0.15) is 0 Å². The standard InChI is InChI=1S/C16H16F2N2O2/c1-22-13-5-2-11(3-6-13)9-20-16(21)10-19-12-4-7-14(17)15(18)8-12/h2-8,19H,9-10H2,1H3,(H,20,21). The molecule has 4 nitrogen and oxygen atoms in total. The Labute approximate surface area is 127 Å². The molecular formula is C16H16F2N2O2. The molecule has 0 spiro atoms. The number of ether oxygens (including phenoxy) is 1. The minimum atomic E-state index is -0.955. The van der Waals surface area contributed by atoms with Gasteiger partial charge in [-0.25, -0.2) is 8.78 Å². The number of benzene rings is 2. The van der Waals surface area contributed by atoms with Crippen LogP contribution < -0.4 is 15.4 Å². The summed E-state index contributed by atoms with van der Waals surface area (Å²) in [5.74, 6) is -1.38. The fourth-order valence-corrected chi connectivity index (χ4v) is 1.79. The Morgan fingerprint density at radius 3 is 2.45 bits per heavy atom. The number of amides is 1. The molecule has 0 saturated carbocycles. The molecular weight excluding hydrogens is 290 g/mol. The summed E-state index contributed by atoms with van der Waals surface area (Å²) in [4.78, 5) is 11.7. The van der Waals surface area contributed by atoms with Crippen LogP contribution in [0.2, 0.25) is 0 Å².